The number of carbonyl (C=O) groups is 2. The quantitative estimate of drug-likeness (QED) is 0.567. The van der Waals surface area contributed by atoms with Gasteiger partial charge in [0.05, 0.1) is 29.1 Å². The maximum absolute atomic E-state index is 13.2. The van der Waals surface area contributed by atoms with Gasteiger partial charge in [0.25, 0.3) is 0 Å². The third-order valence-corrected chi connectivity index (χ3v) is 8.57. The molecule has 33 heavy (non-hydrogen) atoms. The SMILES string of the molecule is C[C@@H](c1cccc(S(N)(=O)=O)c1)N1C(=O)[C@@H]2C[C@H]1CN2C[C@H](N)C(=O)N1[C@H](C#N)CC2C[C@@H]21. The van der Waals surface area contributed by atoms with Crippen molar-refractivity contribution in [2.45, 2.75) is 67.3 Å². The number of piperazine rings is 1. The van der Waals surface area contributed by atoms with Crippen LogP contribution in [0.3, 0.4) is 0 Å². The first kappa shape index (κ1) is 22.3. The Morgan fingerprint density at radius 1 is 1.30 bits per heavy atom. The summed E-state index contributed by atoms with van der Waals surface area (Å²) in [6.07, 6.45) is 2.32. The largest absolute Gasteiger partial charge is 0.330 e. The fraction of sp³-hybridized carbons (Fsp3) is 0.591. The number of sulfonamides is 1. The summed E-state index contributed by atoms with van der Waals surface area (Å²) in [6, 6.07) is 6.86. The summed E-state index contributed by atoms with van der Waals surface area (Å²) in [4.78, 5) is 31.6. The molecule has 4 N–H and O–H groups in total. The highest BCUT2D eigenvalue weighted by Gasteiger charge is 2.56. The van der Waals surface area contributed by atoms with Crippen molar-refractivity contribution in [3.63, 3.8) is 0 Å². The van der Waals surface area contributed by atoms with Gasteiger partial charge in [0.1, 0.15) is 6.04 Å². The molecule has 0 aromatic heterocycles. The number of hydrogen-bond acceptors (Lipinski definition) is 7. The Kier molecular flexibility index (Phi) is 5.25. The van der Waals surface area contributed by atoms with E-state index < -0.39 is 22.1 Å². The van der Waals surface area contributed by atoms with Gasteiger partial charge in [-0.15, -0.1) is 0 Å². The normalized spacial score (nSPS) is 32.5. The van der Waals surface area contributed by atoms with Gasteiger partial charge in [0, 0.05) is 25.2 Å². The van der Waals surface area contributed by atoms with Crippen LogP contribution in [0.15, 0.2) is 29.2 Å². The van der Waals surface area contributed by atoms with Crippen molar-refractivity contribution < 1.29 is 18.0 Å². The first-order chi connectivity index (χ1) is 15.6. The Bertz CT molecular complexity index is 1150. The van der Waals surface area contributed by atoms with E-state index >= 15 is 0 Å². The number of nitrogens with two attached hydrogens (primary N) is 2. The van der Waals surface area contributed by atoms with E-state index in [1.165, 1.54) is 12.1 Å². The van der Waals surface area contributed by atoms with Crippen molar-refractivity contribution in [2.24, 2.45) is 16.8 Å². The lowest BCUT2D eigenvalue weighted by atomic mass is 10.1. The summed E-state index contributed by atoms with van der Waals surface area (Å²) < 4.78 is 23.4. The Hall–Kier alpha value is -2.52. The Labute approximate surface area is 193 Å². The predicted molar refractivity (Wildman–Crippen MR) is 118 cm³/mol. The number of hydrogen-bond donors (Lipinski definition) is 2. The zero-order valence-corrected chi connectivity index (χ0v) is 19.2. The molecule has 0 radical (unpaired) electrons. The smallest absolute Gasteiger partial charge is 0.242 e. The zero-order valence-electron chi connectivity index (χ0n) is 18.4. The molecule has 176 valence electrons. The van der Waals surface area contributed by atoms with Crippen LogP contribution < -0.4 is 10.9 Å². The lowest BCUT2D eigenvalue weighted by Gasteiger charge is -2.38. The number of amides is 2. The molecule has 0 spiro atoms. The van der Waals surface area contributed by atoms with Crippen LogP contribution in [0.2, 0.25) is 0 Å². The number of piperidine rings is 1. The standard InChI is InChI=1S/C22H28N6O4S/c1-12(13-3-2-4-17(6-13)33(25,31)32)27-16-8-20(22(27)30)26(10-16)11-18(24)21(29)28-15(9-23)5-14-7-19(14)28/h2-4,6,12,14-16,18-20H,5,7-8,10-11,24H2,1H3,(H2,25,31,32)/t12-,14?,15-,16-,18-,19-,20-/m0/s1. The number of rotatable bonds is 6. The minimum absolute atomic E-state index is 0.0188. The maximum Gasteiger partial charge on any atom is 0.242 e. The van der Waals surface area contributed by atoms with Gasteiger partial charge in [-0.1, -0.05) is 12.1 Å². The van der Waals surface area contributed by atoms with Crippen LogP contribution in [-0.4, -0.2) is 78.2 Å². The number of fused-ring (bicyclic) bond motifs is 3. The van der Waals surface area contributed by atoms with Crippen molar-refractivity contribution in [1.82, 2.24) is 14.7 Å². The minimum atomic E-state index is -3.83. The fourth-order valence-corrected chi connectivity index (χ4v) is 6.49. The van der Waals surface area contributed by atoms with Crippen LogP contribution in [0.4, 0.5) is 0 Å². The van der Waals surface area contributed by atoms with Crippen molar-refractivity contribution in [3.05, 3.63) is 29.8 Å². The van der Waals surface area contributed by atoms with Crippen molar-refractivity contribution in [3.8, 4) is 6.07 Å². The number of carbonyl (C=O) groups excluding carboxylic acids is 2. The third-order valence-electron chi connectivity index (χ3n) is 7.66. The van der Waals surface area contributed by atoms with Gasteiger partial charge in [-0.25, -0.2) is 13.6 Å². The van der Waals surface area contributed by atoms with Gasteiger partial charge in [-0.05, 0) is 49.8 Å². The highest BCUT2D eigenvalue weighted by atomic mass is 32.2. The monoisotopic (exact) mass is 472 g/mol. The van der Waals surface area contributed by atoms with Crippen LogP contribution in [0, 0.1) is 17.2 Å². The summed E-state index contributed by atoms with van der Waals surface area (Å²) in [6.45, 7) is 2.76. The summed E-state index contributed by atoms with van der Waals surface area (Å²) in [5.74, 6) is 0.183. The molecule has 1 unspecified atom stereocenters. The number of benzene rings is 1. The molecule has 7 atom stereocenters. The summed E-state index contributed by atoms with van der Waals surface area (Å²) >= 11 is 0. The van der Waals surface area contributed by atoms with E-state index in [2.05, 4.69) is 6.07 Å². The topological polar surface area (TPSA) is 154 Å². The summed E-state index contributed by atoms with van der Waals surface area (Å²) in [5, 5.41) is 14.6. The molecule has 4 aliphatic rings. The molecule has 3 aliphatic heterocycles. The van der Waals surface area contributed by atoms with Gasteiger partial charge in [0.2, 0.25) is 21.8 Å². The fourth-order valence-electron chi connectivity index (χ4n) is 5.92. The minimum Gasteiger partial charge on any atom is -0.330 e. The van der Waals surface area contributed by atoms with Gasteiger partial charge >= 0.3 is 0 Å². The van der Waals surface area contributed by atoms with E-state index in [0.717, 1.165) is 12.8 Å². The van der Waals surface area contributed by atoms with Crippen LogP contribution in [0.5, 0.6) is 0 Å². The molecule has 10 nitrogen and oxygen atoms in total. The third kappa shape index (κ3) is 3.71. The first-order valence-corrected chi connectivity index (χ1v) is 12.8. The van der Waals surface area contributed by atoms with E-state index in [1.807, 2.05) is 11.8 Å². The van der Waals surface area contributed by atoms with E-state index in [1.54, 1.807) is 21.9 Å². The number of nitriles is 1. The van der Waals surface area contributed by atoms with E-state index in [4.69, 9.17) is 10.9 Å². The second-order valence-corrected chi connectivity index (χ2v) is 11.3. The van der Waals surface area contributed by atoms with Crippen molar-refractivity contribution >= 4 is 21.8 Å². The molecular weight excluding hydrogens is 444 g/mol. The Balaban J connectivity index is 1.25. The molecule has 1 aromatic rings. The molecule has 1 aliphatic carbocycles. The molecule has 5 rings (SSSR count). The summed E-state index contributed by atoms with van der Waals surface area (Å²) in [7, 11) is -3.83. The number of likely N-dealkylation sites (tertiary alicyclic amines) is 3. The van der Waals surface area contributed by atoms with Crippen LogP contribution in [-0.2, 0) is 19.6 Å². The Morgan fingerprint density at radius 3 is 2.73 bits per heavy atom. The van der Waals surface area contributed by atoms with Crippen LogP contribution >= 0.6 is 0 Å². The molecule has 11 heteroatoms. The molecular formula is C22H28N6O4S. The van der Waals surface area contributed by atoms with Gasteiger partial charge in [-0.3, -0.25) is 14.5 Å². The summed E-state index contributed by atoms with van der Waals surface area (Å²) in [5.41, 5.74) is 6.96. The Morgan fingerprint density at radius 2 is 2.06 bits per heavy atom. The first-order valence-electron chi connectivity index (χ1n) is 11.3. The molecule has 3 saturated heterocycles. The number of nitrogens with zero attached hydrogens (tertiary/aromatic N) is 4. The molecule has 2 amide bonds. The van der Waals surface area contributed by atoms with Crippen LogP contribution in [0.25, 0.3) is 0 Å². The highest BCUT2D eigenvalue weighted by Crippen LogP contribution is 2.48. The predicted octanol–water partition coefficient (Wildman–Crippen LogP) is -0.480. The van der Waals surface area contributed by atoms with Crippen molar-refractivity contribution in [2.75, 3.05) is 13.1 Å². The van der Waals surface area contributed by atoms with E-state index in [0.29, 0.717) is 24.4 Å². The highest BCUT2D eigenvalue weighted by molar-refractivity contribution is 7.89. The molecule has 3 heterocycles. The second-order valence-electron chi connectivity index (χ2n) is 9.69. The van der Waals surface area contributed by atoms with Gasteiger partial charge in [-0.2, -0.15) is 5.26 Å². The second kappa shape index (κ2) is 7.77. The lowest BCUT2D eigenvalue weighted by Crippen LogP contribution is -2.57. The molecule has 2 bridgehead atoms. The van der Waals surface area contributed by atoms with Crippen LogP contribution in [0.1, 0.15) is 37.8 Å². The average molecular weight is 473 g/mol. The van der Waals surface area contributed by atoms with Crippen molar-refractivity contribution in [1.29, 1.82) is 5.26 Å². The van der Waals surface area contributed by atoms with Gasteiger partial charge < -0.3 is 15.5 Å². The zero-order chi connectivity index (χ0) is 23.7. The lowest BCUT2D eigenvalue weighted by molar-refractivity contribution is -0.141. The molecule has 4 fully saturated rings. The maximum atomic E-state index is 13.2. The molecule has 1 saturated carbocycles. The van der Waals surface area contributed by atoms with E-state index in [-0.39, 0.29) is 47.4 Å². The average Bonchev–Trinajstić information content (AvgIpc) is 3.11. The van der Waals surface area contributed by atoms with Gasteiger partial charge in [0.15, 0.2) is 0 Å². The molecule has 1 aromatic carbocycles. The number of primary sulfonamides is 1. The van der Waals surface area contributed by atoms with E-state index in [9.17, 15) is 23.3 Å².